The first-order valence-corrected chi connectivity index (χ1v) is 10.5. The number of nitrogens with two attached hydrogens (primary N) is 1. The Morgan fingerprint density at radius 1 is 1.07 bits per heavy atom. The van der Waals surface area contributed by atoms with E-state index in [0.29, 0.717) is 5.02 Å². The van der Waals surface area contributed by atoms with Gasteiger partial charge in [0.05, 0.1) is 0 Å². The summed E-state index contributed by atoms with van der Waals surface area (Å²) < 4.78 is 0. The number of hydrogen-bond donors (Lipinski definition) is 2. The van der Waals surface area contributed by atoms with Gasteiger partial charge in [0.2, 0.25) is 0 Å². The van der Waals surface area contributed by atoms with E-state index < -0.39 is 0 Å². The van der Waals surface area contributed by atoms with Crippen LogP contribution in [0.1, 0.15) is 47.2 Å². The molecule has 3 nitrogen and oxygen atoms in total. The van der Waals surface area contributed by atoms with E-state index >= 15 is 0 Å². The SMILES string of the molecule is Cc1ccc(NC(=O)[C@H]([NH2+][C@@H]2CCCc3ccccc32)c2ccccc2)cc1Cl. The minimum atomic E-state index is -0.326. The average Bonchev–Trinajstić information content (AvgIpc) is 2.75. The number of rotatable bonds is 5. The number of nitrogens with one attached hydrogen (secondary N) is 1. The van der Waals surface area contributed by atoms with Crippen molar-refractivity contribution in [1.29, 1.82) is 0 Å². The van der Waals surface area contributed by atoms with Crippen molar-refractivity contribution in [1.82, 2.24) is 0 Å². The highest BCUT2D eigenvalue weighted by Crippen LogP contribution is 2.28. The predicted octanol–water partition coefficient (Wildman–Crippen LogP) is 4.97. The highest BCUT2D eigenvalue weighted by Gasteiger charge is 2.31. The summed E-state index contributed by atoms with van der Waals surface area (Å²) in [5, 5.41) is 5.94. The minimum absolute atomic E-state index is 0.0285. The molecule has 0 saturated carbocycles. The Bertz CT molecular complexity index is 1000. The van der Waals surface area contributed by atoms with Gasteiger partial charge in [0, 0.05) is 28.3 Å². The highest BCUT2D eigenvalue weighted by atomic mass is 35.5. The number of benzene rings is 3. The number of carbonyl (C=O) groups is 1. The molecule has 0 aromatic heterocycles. The Hall–Kier alpha value is -2.62. The number of hydrogen-bond acceptors (Lipinski definition) is 1. The Kier molecular flexibility index (Phi) is 5.98. The molecule has 0 bridgehead atoms. The predicted molar refractivity (Wildman–Crippen MR) is 118 cm³/mol. The number of anilines is 1. The van der Waals surface area contributed by atoms with E-state index in [0.717, 1.165) is 36.1 Å². The van der Waals surface area contributed by atoms with Crippen molar-refractivity contribution in [3.8, 4) is 0 Å². The normalized spacial score (nSPS) is 16.7. The van der Waals surface area contributed by atoms with Crippen molar-refractivity contribution in [3.63, 3.8) is 0 Å². The van der Waals surface area contributed by atoms with Crippen molar-refractivity contribution in [2.24, 2.45) is 0 Å². The summed E-state index contributed by atoms with van der Waals surface area (Å²) in [4.78, 5) is 13.3. The molecule has 148 valence electrons. The quantitative estimate of drug-likeness (QED) is 0.618. The summed E-state index contributed by atoms with van der Waals surface area (Å²) in [5.74, 6) is -0.0285. The Labute approximate surface area is 177 Å². The number of quaternary nitrogens is 1. The lowest BCUT2D eigenvalue weighted by Crippen LogP contribution is -2.88. The van der Waals surface area contributed by atoms with Crippen LogP contribution in [-0.4, -0.2) is 5.91 Å². The molecule has 2 atom stereocenters. The second kappa shape index (κ2) is 8.81. The van der Waals surface area contributed by atoms with Gasteiger partial charge in [0.15, 0.2) is 6.04 Å². The van der Waals surface area contributed by atoms with Crippen molar-refractivity contribution >= 4 is 23.2 Å². The summed E-state index contributed by atoms with van der Waals surface area (Å²) in [7, 11) is 0. The topological polar surface area (TPSA) is 45.7 Å². The van der Waals surface area contributed by atoms with Gasteiger partial charge in [-0.2, -0.15) is 0 Å². The molecule has 0 aliphatic heterocycles. The summed E-state index contributed by atoms with van der Waals surface area (Å²) >= 11 is 6.25. The van der Waals surface area contributed by atoms with Crippen LogP contribution >= 0.6 is 11.6 Å². The van der Waals surface area contributed by atoms with Crippen LogP contribution in [-0.2, 0) is 11.2 Å². The lowest BCUT2D eigenvalue weighted by atomic mass is 9.87. The second-order valence-corrected chi connectivity index (χ2v) is 8.14. The largest absolute Gasteiger partial charge is 0.326 e. The number of halogens is 1. The third-order valence-corrected chi connectivity index (χ3v) is 6.13. The summed E-state index contributed by atoms with van der Waals surface area (Å²) in [6.07, 6.45) is 3.34. The molecule has 0 fully saturated rings. The molecule has 1 amide bonds. The second-order valence-electron chi connectivity index (χ2n) is 7.73. The minimum Gasteiger partial charge on any atom is -0.326 e. The Morgan fingerprint density at radius 2 is 1.83 bits per heavy atom. The fraction of sp³-hybridized carbons (Fsp3) is 0.240. The van der Waals surface area contributed by atoms with E-state index in [1.165, 1.54) is 11.1 Å². The Morgan fingerprint density at radius 3 is 2.62 bits per heavy atom. The standard InChI is InChI=1S/C25H25ClN2O/c1-17-14-15-20(16-22(17)26)27-25(29)24(19-9-3-2-4-10-19)28-23-13-7-11-18-8-5-6-12-21(18)23/h2-6,8-10,12,14-16,23-24,28H,7,11,13H2,1H3,(H,27,29)/p+1/t23-,24-/m1/s1. The third-order valence-electron chi connectivity index (χ3n) is 5.72. The van der Waals surface area contributed by atoms with Crippen LogP contribution in [0.25, 0.3) is 0 Å². The van der Waals surface area contributed by atoms with Gasteiger partial charge in [-0.15, -0.1) is 0 Å². The lowest BCUT2D eigenvalue weighted by Gasteiger charge is -2.27. The number of fused-ring (bicyclic) bond motifs is 1. The molecule has 0 saturated heterocycles. The first-order chi connectivity index (χ1) is 14.1. The third kappa shape index (κ3) is 4.52. The van der Waals surface area contributed by atoms with Gasteiger partial charge in [0.25, 0.3) is 5.91 Å². The fourth-order valence-electron chi connectivity index (χ4n) is 4.12. The van der Waals surface area contributed by atoms with Crippen LogP contribution in [0.3, 0.4) is 0 Å². The van der Waals surface area contributed by atoms with Crippen molar-refractivity contribution in [3.05, 3.63) is 100 Å². The number of carbonyl (C=O) groups excluding carboxylic acids is 1. The van der Waals surface area contributed by atoms with Gasteiger partial charge in [-0.05, 0) is 43.0 Å². The van der Waals surface area contributed by atoms with Crippen LogP contribution in [0.4, 0.5) is 5.69 Å². The average molecular weight is 406 g/mol. The van der Waals surface area contributed by atoms with Crippen molar-refractivity contribution in [2.45, 2.75) is 38.3 Å². The van der Waals surface area contributed by atoms with Crippen LogP contribution < -0.4 is 10.6 Å². The maximum Gasteiger partial charge on any atom is 0.287 e. The van der Waals surface area contributed by atoms with E-state index in [-0.39, 0.29) is 18.0 Å². The molecule has 0 unspecified atom stereocenters. The van der Waals surface area contributed by atoms with Crippen LogP contribution in [0.5, 0.6) is 0 Å². The lowest BCUT2D eigenvalue weighted by molar-refractivity contribution is -0.723. The van der Waals surface area contributed by atoms with Crippen molar-refractivity contribution in [2.75, 3.05) is 5.32 Å². The summed E-state index contributed by atoms with van der Waals surface area (Å²) in [5.41, 5.74) is 5.48. The van der Waals surface area contributed by atoms with Crippen LogP contribution in [0.2, 0.25) is 5.02 Å². The van der Waals surface area contributed by atoms with Gasteiger partial charge < -0.3 is 10.6 Å². The maximum atomic E-state index is 13.3. The van der Waals surface area contributed by atoms with E-state index in [9.17, 15) is 4.79 Å². The molecule has 0 radical (unpaired) electrons. The zero-order valence-corrected chi connectivity index (χ0v) is 17.3. The molecule has 4 heteroatoms. The first-order valence-electron chi connectivity index (χ1n) is 10.2. The summed E-state index contributed by atoms with van der Waals surface area (Å²) in [6, 6.07) is 24.2. The molecule has 0 heterocycles. The van der Waals surface area contributed by atoms with Crippen molar-refractivity contribution < 1.29 is 10.1 Å². The number of amides is 1. The number of aryl methyl sites for hydroxylation is 2. The van der Waals surface area contributed by atoms with Gasteiger partial charge in [-0.25, -0.2) is 0 Å². The highest BCUT2D eigenvalue weighted by molar-refractivity contribution is 6.31. The molecule has 3 aromatic carbocycles. The molecule has 3 N–H and O–H groups in total. The molecule has 1 aliphatic rings. The van der Waals surface area contributed by atoms with E-state index in [4.69, 9.17) is 11.6 Å². The maximum absolute atomic E-state index is 13.3. The molecule has 29 heavy (non-hydrogen) atoms. The van der Waals surface area contributed by atoms with Crippen LogP contribution in [0.15, 0.2) is 72.8 Å². The molecular weight excluding hydrogens is 380 g/mol. The molecule has 3 aromatic rings. The summed E-state index contributed by atoms with van der Waals surface area (Å²) in [6.45, 7) is 1.95. The van der Waals surface area contributed by atoms with Crippen LogP contribution in [0, 0.1) is 6.92 Å². The molecule has 4 rings (SSSR count). The molecule has 0 spiro atoms. The van der Waals surface area contributed by atoms with Gasteiger partial charge in [-0.1, -0.05) is 72.3 Å². The smallest absolute Gasteiger partial charge is 0.287 e. The van der Waals surface area contributed by atoms with E-state index in [1.807, 2.05) is 55.5 Å². The van der Waals surface area contributed by atoms with E-state index in [2.05, 4.69) is 34.9 Å². The van der Waals surface area contributed by atoms with E-state index in [1.54, 1.807) is 0 Å². The van der Waals surface area contributed by atoms with Gasteiger partial charge >= 0.3 is 0 Å². The first kappa shape index (κ1) is 19.7. The molecule has 1 aliphatic carbocycles. The zero-order valence-electron chi connectivity index (χ0n) is 16.6. The molecular formula is C25H26ClN2O+. The van der Waals surface area contributed by atoms with Gasteiger partial charge in [-0.3, -0.25) is 4.79 Å². The monoisotopic (exact) mass is 405 g/mol. The van der Waals surface area contributed by atoms with Gasteiger partial charge in [0.1, 0.15) is 6.04 Å². The Balaban J connectivity index is 1.61. The fourth-order valence-corrected chi connectivity index (χ4v) is 4.31. The zero-order chi connectivity index (χ0) is 20.2.